The highest BCUT2D eigenvalue weighted by molar-refractivity contribution is 5.97. The molecule has 1 aliphatic rings. The molecule has 270 valence electrons. The SMILES string of the molecule is NCC(=O)NCC(=O)N(CCOCCOCCOCCOCCNC(=O)CCC(=O)N1Cc2ccccc2C#Cc2ccccc21)CC(N)=O. The summed E-state index contributed by atoms with van der Waals surface area (Å²) in [4.78, 5) is 63.2. The molecule has 0 atom stereocenters. The molecule has 15 heteroatoms. The molecule has 0 spiro atoms. The molecule has 5 amide bonds. The van der Waals surface area contributed by atoms with E-state index in [-0.39, 0.29) is 64.0 Å². The fourth-order valence-corrected chi connectivity index (χ4v) is 4.69. The Bertz CT molecular complexity index is 1490. The minimum Gasteiger partial charge on any atom is -0.377 e. The Balaban J connectivity index is 1.18. The smallest absolute Gasteiger partial charge is 0.242 e. The first-order valence-corrected chi connectivity index (χ1v) is 16.4. The van der Waals surface area contributed by atoms with E-state index in [0.717, 1.165) is 22.4 Å². The molecule has 0 radical (unpaired) electrons. The first-order chi connectivity index (χ1) is 24.3. The standard InChI is InChI=1S/C35H46N6O9/c36-23-33(44)39-24-35(46)40(26-31(37)42)14-16-48-18-20-50-22-21-49-19-17-47-15-13-38-32(43)11-12-34(45)41-25-29-7-2-1-5-27(29)9-10-28-6-3-4-8-30(28)41/h1-8H,11-26,36H2,(H2,37,42)(H,38,43)(H,39,44). The number of hydrogen-bond acceptors (Lipinski definition) is 10. The second-order valence-corrected chi connectivity index (χ2v) is 11.0. The van der Waals surface area contributed by atoms with Crippen LogP contribution in [0, 0.1) is 11.8 Å². The molecule has 0 saturated carbocycles. The van der Waals surface area contributed by atoms with Crippen molar-refractivity contribution < 1.29 is 42.9 Å². The molecule has 6 N–H and O–H groups in total. The van der Waals surface area contributed by atoms with Gasteiger partial charge in [0.25, 0.3) is 0 Å². The van der Waals surface area contributed by atoms with E-state index >= 15 is 0 Å². The van der Waals surface area contributed by atoms with Gasteiger partial charge in [0.1, 0.15) is 0 Å². The van der Waals surface area contributed by atoms with Crippen LogP contribution in [0.5, 0.6) is 0 Å². The predicted octanol–water partition coefficient (Wildman–Crippen LogP) is -0.715. The Morgan fingerprint density at radius 3 is 2.02 bits per heavy atom. The second-order valence-electron chi connectivity index (χ2n) is 11.0. The van der Waals surface area contributed by atoms with E-state index in [1.54, 1.807) is 4.90 Å². The molecule has 1 aliphatic heterocycles. The molecular weight excluding hydrogens is 648 g/mol. The topological polar surface area (TPSA) is 205 Å². The van der Waals surface area contributed by atoms with Gasteiger partial charge in [-0.2, -0.15) is 0 Å². The van der Waals surface area contributed by atoms with Crippen molar-refractivity contribution in [3.63, 3.8) is 0 Å². The van der Waals surface area contributed by atoms with Gasteiger partial charge in [-0.05, 0) is 23.8 Å². The molecule has 0 unspecified atom stereocenters. The lowest BCUT2D eigenvalue weighted by Crippen LogP contribution is -2.46. The zero-order valence-corrected chi connectivity index (χ0v) is 28.2. The zero-order chi connectivity index (χ0) is 36.0. The summed E-state index contributed by atoms with van der Waals surface area (Å²) in [5.41, 5.74) is 13.7. The lowest BCUT2D eigenvalue weighted by Gasteiger charge is -2.26. The van der Waals surface area contributed by atoms with Gasteiger partial charge in [0.05, 0.1) is 84.7 Å². The van der Waals surface area contributed by atoms with Gasteiger partial charge in [-0.15, -0.1) is 0 Å². The van der Waals surface area contributed by atoms with E-state index in [4.69, 9.17) is 30.4 Å². The summed E-state index contributed by atoms with van der Waals surface area (Å²) in [6.07, 6.45) is 0.121. The van der Waals surface area contributed by atoms with Crippen molar-refractivity contribution in [2.45, 2.75) is 19.4 Å². The van der Waals surface area contributed by atoms with E-state index < -0.39 is 17.7 Å². The van der Waals surface area contributed by atoms with E-state index in [2.05, 4.69) is 22.5 Å². The van der Waals surface area contributed by atoms with Crippen LogP contribution < -0.4 is 27.0 Å². The summed E-state index contributed by atoms with van der Waals surface area (Å²) in [6.45, 7) is 2.38. The number of fused-ring (bicyclic) bond motifs is 2. The number of para-hydroxylation sites is 1. The third-order valence-electron chi connectivity index (χ3n) is 7.25. The molecule has 0 bridgehead atoms. The quantitative estimate of drug-likeness (QED) is 0.0849. The number of carbonyl (C=O) groups excluding carboxylic acids is 5. The predicted molar refractivity (Wildman–Crippen MR) is 183 cm³/mol. The van der Waals surface area contributed by atoms with Crippen molar-refractivity contribution in [2.24, 2.45) is 11.5 Å². The summed E-state index contributed by atoms with van der Waals surface area (Å²) in [5.74, 6) is 4.34. The Kier molecular flexibility index (Phi) is 18.0. The highest BCUT2D eigenvalue weighted by Crippen LogP contribution is 2.26. The summed E-state index contributed by atoms with van der Waals surface area (Å²) in [5, 5.41) is 5.13. The molecule has 2 aromatic carbocycles. The normalized spacial score (nSPS) is 11.6. The highest BCUT2D eigenvalue weighted by atomic mass is 16.6. The number of hydrogen-bond donors (Lipinski definition) is 4. The van der Waals surface area contributed by atoms with Gasteiger partial charge >= 0.3 is 0 Å². The van der Waals surface area contributed by atoms with Gasteiger partial charge in [-0.25, -0.2) is 0 Å². The van der Waals surface area contributed by atoms with Crippen LogP contribution in [-0.2, 0) is 49.5 Å². The minimum atomic E-state index is -0.682. The maximum atomic E-state index is 13.3. The molecule has 15 nitrogen and oxygen atoms in total. The number of nitrogens with one attached hydrogen (secondary N) is 2. The van der Waals surface area contributed by atoms with Crippen molar-refractivity contribution in [1.29, 1.82) is 0 Å². The second kappa shape index (κ2) is 22.7. The molecule has 3 rings (SSSR count). The van der Waals surface area contributed by atoms with Crippen LogP contribution in [0.15, 0.2) is 48.5 Å². The van der Waals surface area contributed by atoms with Gasteiger partial charge in [-0.3, -0.25) is 24.0 Å². The molecule has 0 saturated heterocycles. The van der Waals surface area contributed by atoms with Crippen molar-refractivity contribution >= 4 is 35.2 Å². The third-order valence-corrected chi connectivity index (χ3v) is 7.25. The molecule has 50 heavy (non-hydrogen) atoms. The fraction of sp³-hybridized carbons (Fsp3) is 0.457. The van der Waals surface area contributed by atoms with Crippen LogP contribution in [0.2, 0.25) is 0 Å². The Labute approximate surface area is 291 Å². The monoisotopic (exact) mass is 694 g/mol. The number of anilines is 1. The average molecular weight is 695 g/mol. The number of primary amides is 1. The Hall–Kier alpha value is -4.85. The van der Waals surface area contributed by atoms with Crippen molar-refractivity contribution in [2.75, 3.05) is 90.5 Å². The lowest BCUT2D eigenvalue weighted by molar-refractivity contribution is -0.136. The molecule has 2 aromatic rings. The number of ether oxygens (including phenoxy) is 4. The first-order valence-electron chi connectivity index (χ1n) is 16.4. The van der Waals surface area contributed by atoms with E-state index in [0.29, 0.717) is 52.7 Å². The number of amides is 5. The van der Waals surface area contributed by atoms with Crippen LogP contribution in [0.25, 0.3) is 0 Å². The van der Waals surface area contributed by atoms with Gasteiger partial charge < -0.3 is 50.8 Å². The van der Waals surface area contributed by atoms with Crippen molar-refractivity contribution in [1.82, 2.24) is 15.5 Å². The van der Waals surface area contributed by atoms with Gasteiger partial charge in [-0.1, -0.05) is 42.2 Å². The maximum Gasteiger partial charge on any atom is 0.242 e. The summed E-state index contributed by atoms with van der Waals surface area (Å²) >= 11 is 0. The Morgan fingerprint density at radius 2 is 1.34 bits per heavy atom. The molecule has 0 fully saturated rings. The number of benzene rings is 2. The fourth-order valence-electron chi connectivity index (χ4n) is 4.69. The third kappa shape index (κ3) is 14.7. The molecule has 0 aromatic heterocycles. The summed E-state index contributed by atoms with van der Waals surface area (Å²) in [6, 6.07) is 15.3. The van der Waals surface area contributed by atoms with Crippen LogP contribution in [-0.4, -0.2) is 120 Å². The molecular formula is C35H46N6O9. The highest BCUT2D eigenvalue weighted by Gasteiger charge is 2.22. The zero-order valence-electron chi connectivity index (χ0n) is 28.2. The van der Waals surface area contributed by atoms with Crippen molar-refractivity contribution in [3.8, 4) is 11.8 Å². The Morgan fingerprint density at radius 1 is 0.740 bits per heavy atom. The maximum absolute atomic E-state index is 13.3. The van der Waals surface area contributed by atoms with Crippen LogP contribution in [0.3, 0.4) is 0 Å². The van der Waals surface area contributed by atoms with E-state index in [1.165, 1.54) is 4.90 Å². The van der Waals surface area contributed by atoms with Gasteiger partial charge in [0.2, 0.25) is 29.5 Å². The minimum absolute atomic E-state index is 0.0584. The van der Waals surface area contributed by atoms with Crippen LogP contribution in [0.1, 0.15) is 29.5 Å². The number of rotatable bonds is 23. The van der Waals surface area contributed by atoms with Gasteiger partial charge in [0.15, 0.2) is 0 Å². The first kappa shape index (κ1) is 39.6. The number of nitrogens with two attached hydrogens (primary N) is 2. The molecule has 0 aliphatic carbocycles. The number of nitrogens with zero attached hydrogens (tertiary/aromatic N) is 2. The van der Waals surface area contributed by atoms with E-state index in [9.17, 15) is 24.0 Å². The average Bonchev–Trinajstić information content (AvgIpc) is 3.11. The lowest BCUT2D eigenvalue weighted by atomic mass is 10.0. The summed E-state index contributed by atoms with van der Waals surface area (Å²) < 4.78 is 21.8. The largest absolute Gasteiger partial charge is 0.377 e. The number of carbonyl (C=O) groups is 5. The van der Waals surface area contributed by atoms with Crippen molar-refractivity contribution in [3.05, 3.63) is 65.2 Å². The summed E-state index contributed by atoms with van der Waals surface area (Å²) in [7, 11) is 0. The van der Waals surface area contributed by atoms with Crippen LogP contribution in [0.4, 0.5) is 5.69 Å². The van der Waals surface area contributed by atoms with Gasteiger partial charge in [0, 0.05) is 37.1 Å². The van der Waals surface area contributed by atoms with Crippen LogP contribution >= 0.6 is 0 Å². The van der Waals surface area contributed by atoms with E-state index in [1.807, 2.05) is 48.5 Å². The molecule has 1 heterocycles.